The van der Waals surface area contributed by atoms with Gasteiger partial charge in [0.15, 0.2) is 0 Å². The Labute approximate surface area is 199 Å². The molecule has 4 aromatic rings. The Morgan fingerprint density at radius 2 is 1.83 bits per heavy atom. The average Bonchev–Trinajstić information content (AvgIpc) is 2.83. The van der Waals surface area contributed by atoms with E-state index in [0.29, 0.717) is 11.6 Å². The SMILES string of the molecule is CC(NC(=O)c1ccc(C#N)cc1NS(=O)(=O)c1cccc2nccnc12)c1ccc(F)cc1F. The van der Waals surface area contributed by atoms with Gasteiger partial charge in [-0.2, -0.15) is 5.26 Å². The molecule has 1 unspecified atom stereocenters. The lowest BCUT2D eigenvalue weighted by Gasteiger charge is -2.18. The molecule has 1 atom stereocenters. The van der Waals surface area contributed by atoms with E-state index in [2.05, 4.69) is 20.0 Å². The molecular formula is C24H17F2N5O3S. The molecule has 0 radical (unpaired) electrons. The Bertz CT molecular complexity index is 1600. The number of carbonyl (C=O) groups excluding carboxylic acids is 1. The molecule has 8 nitrogen and oxygen atoms in total. The summed E-state index contributed by atoms with van der Waals surface area (Å²) >= 11 is 0. The van der Waals surface area contributed by atoms with Gasteiger partial charge in [-0.25, -0.2) is 17.2 Å². The highest BCUT2D eigenvalue weighted by atomic mass is 32.2. The number of para-hydroxylation sites is 1. The Hall–Kier alpha value is -4.43. The van der Waals surface area contributed by atoms with Crippen molar-refractivity contribution in [1.29, 1.82) is 5.26 Å². The van der Waals surface area contributed by atoms with E-state index < -0.39 is 33.6 Å². The second-order valence-electron chi connectivity index (χ2n) is 7.52. The molecule has 2 N–H and O–H groups in total. The Morgan fingerprint density at radius 3 is 2.57 bits per heavy atom. The molecule has 0 aliphatic carbocycles. The topological polar surface area (TPSA) is 125 Å². The first kappa shape index (κ1) is 23.7. The van der Waals surface area contributed by atoms with Crippen LogP contribution >= 0.6 is 0 Å². The summed E-state index contributed by atoms with van der Waals surface area (Å²) in [5.74, 6) is -2.33. The molecular weight excluding hydrogens is 476 g/mol. The van der Waals surface area contributed by atoms with Crippen LogP contribution in [0, 0.1) is 23.0 Å². The van der Waals surface area contributed by atoms with Crippen molar-refractivity contribution < 1.29 is 22.0 Å². The molecule has 35 heavy (non-hydrogen) atoms. The first-order valence-corrected chi connectivity index (χ1v) is 11.7. The Kier molecular flexibility index (Phi) is 6.40. The third-order valence-electron chi connectivity index (χ3n) is 5.17. The van der Waals surface area contributed by atoms with Gasteiger partial charge in [0.25, 0.3) is 15.9 Å². The number of benzene rings is 3. The van der Waals surface area contributed by atoms with Gasteiger partial charge in [-0.3, -0.25) is 19.5 Å². The molecule has 4 rings (SSSR count). The van der Waals surface area contributed by atoms with Gasteiger partial charge in [-0.05, 0) is 43.3 Å². The largest absolute Gasteiger partial charge is 0.345 e. The smallest absolute Gasteiger partial charge is 0.264 e. The highest BCUT2D eigenvalue weighted by molar-refractivity contribution is 7.93. The van der Waals surface area contributed by atoms with E-state index in [1.165, 1.54) is 55.7 Å². The number of aromatic nitrogens is 2. The van der Waals surface area contributed by atoms with Crippen LogP contribution in [0.3, 0.4) is 0 Å². The van der Waals surface area contributed by atoms with E-state index in [9.17, 15) is 27.3 Å². The zero-order valence-corrected chi connectivity index (χ0v) is 19.0. The molecule has 0 spiro atoms. The van der Waals surface area contributed by atoms with Gasteiger partial charge in [-0.15, -0.1) is 0 Å². The van der Waals surface area contributed by atoms with Crippen LogP contribution in [0.15, 0.2) is 71.9 Å². The number of rotatable bonds is 6. The highest BCUT2D eigenvalue weighted by Gasteiger charge is 2.23. The van der Waals surface area contributed by atoms with Crippen LogP contribution in [-0.2, 0) is 10.0 Å². The van der Waals surface area contributed by atoms with E-state index in [-0.39, 0.29) is 32.8 Å². The summed E-state index contributed by atoms with van der Waals surface area (Å²) in [6.07, 6.45) is 2.78. The zero-order chi connectivity index (χ0) is 25.2. The predicted molar refractivity (Wildman–Crippen MR) is 124 cm³/mol. The number of carbonyl (C=O) groups is 1. The molecule has 0 saturated heterocycles. The summed E-state index contributed by atoms with van der Waals surface area (Å²) in [4.78, 5) is 21.0. The lowest BCUT2D eigenvalue weighted by atomic mass is 10.1. The van der Waals surface area contributed by atoms with Crippen molar-refractivity contribution in [3.8, 4) is 6.07 Å². The number of anilines is 1. The van der Waals surface area contributed by atoms with Gasteiger partial charge in [-0.1, -0.05) is 12.1 Å². The lowest BCUT2D eigenvalue weighted by Crippen LogP contribution is -2.28. The molecule has 0 aliphatic heterocycles. The number of nitriles is 1. The number of hydrogen-bond acceptors (Lipinski definition) is 6. The van der Waals surface area contributed by atoms with Gasteiger partial charge in [0.05, 0.1) is 34.4 Å². The summed E-state index contributed by atoms with van der Waals surface area (Å²) in [5.41, 5.74) is 0.376. The minimum Gasteiger partial charge on any atom is -0.345 e. The summed E-state index contributed by atoms with van der Waals surface area (Å²) < 4.78 is 56.2. The van der Waals surface area contributed by atoms with E-state index in [1.54, 1.807) is 6.07 Å². The summed E-state index contributed by atoms with van der Waals surface area (Å²) in [5, 5.41) is 11.8. The maximum atomic E-state index is 14.1. The quantitative estimate of drug-likeness (QED) is 0.417. The van der Waals surface area contributed by atoms with Crippen molar-refractivity contribution >= 4 is 32.7 Å². The zero-order valence-electron chi connectivity index (χ0n) is 18.2. The van der Waals surface area contributed by atoms with Gasteiger partial charge in [0.1, 0.15) is 22.0 Å². The molecule has 0 aliphatic rings. The molecule has 176 valence electrons. The van der Waals surface area contributed by atoms with Gasteiger partial charge >= 0.3 is 0 Å². The van der Waals surface area contributed by atoms with E-state index >= 15 is 0 Å². The van der Waals surface area contributed by atoms with E-state index in [4.69, 9.17) is 0 Å². The normalized spacial score (nSPS) is 12.1. The maximum absolute atomic E-state index is 14.1. The number of nitrogens with zero attached hydrogens (tertiary/aromatic N) is 3. The highest BCUT2D eigenvalue weighted by Crippen LogP contribution is 2.26. The van der Waals surface area contributed by atoms with Crippen LogP contribution in [0.25, 0.3) is 11.0 Å². The van der Waals surface area contributed by atoms with Gasteiger partial charge in [0.2, 0.25) is 0 Å². The monoisotopic (exact) mass is 493 g/mol. The first-order valence-electron chi connectivity index (χ1n) is 10.2. The molecule has 3 aromatic carbocycles. The summed E-state index contributed by atoms with van der Waals surface area (Å²) in [6.45, 7) is 1.50. The van der Waals surface area contributed by atoms with Crippen molar-refractivity contribution in [3.63, 3.8) is 0 Å². The fourth-order valence-electron chi connectivity index (χ4n) is 3.48. The second-order valence-corrected chi connectivity index (χ2v) is 9.17. The summed E-state index contributed by atoms with van der Waals surface area (Å²) in [6, 6.07) is 12.3. The third kappa shape index (κ3) is 4.92. The second kappa shape index (κ2) is 9.44. The maximum Gasteiger partial charge on any atom is 0.264 e. The number of amides is 1. The number of halogens is 2. The standard InChI is InChI=1S/C24H17F2N5O3S/c1-14(17-8-6-16(25)12-19(17)26)30-24(32)18-7-5-15(13-27)11-21(18)31-35(33,34)22-4-2-3-20-23(22)29-10-9-28-20/h2-12,14,31H,1H3,(H,30,32). The van der Waals surface area contributed by atoms with Crippen LogP contribution in [0.5, 0.6) is 0 Å². The molecule has 0 saturated carbocycles. The fraction of sp³-hybridized carbons (Fsp3) is 0.0833. The minimum atomic E-state index is -4.26. The molecule has 1 heterocycles. The van der Waals surface area contributed by atoms with Crippen LogP contribution in [-0.4, -0.2) is 24.3 Å². The van der Waals surface area contributed by atoms with Crippen molar-refractivity contribution in [2.24, 2.45) is 0 Å². The van der Waals surface area contributed by atoms with Crippen molar-refractivity contribution in [1.82, 2.24) is 15.3 Å². The first-order chi connectivity index (χ1) is 16.7. The van der Waals surface area contributed by atoms with Crippen molar-refractivity contribution in [3.05, 3.63) is 95.3 Å². The predicted octanol–water partition coefficient (Wildman–Crippen LogP) is 4.07. The molecule has 1 aromatic heterocycles. The minimum absolute atomic E-state index is 0.0462. The molecule has 11 heteroatoms. The molecule has 0 fully saturated rings. The lowest BCUT2D eigenvalue weighted by molar-refractivity contribution is 0.0940. The average molecular weight is 493 g/mol. The van der Waals surface area contributed by atoms with Gasteiger partial charge in [0, 0.05) is 24.0 Å². The number of sulfonamides is 1. The molecule has 0 bridgehead atoms. The van der Waals surface area contributed by atoms with E-state index in [0.717, 1.165) is 6.07 Å². The fourth-order valence-corrected chi connectivity index (χ4v) is 4.72. The Balaban J connectivity index is 1.69. The third-order valence-corrected chi connectivity index (χ3v) is 6.56. The van der Waals surface area contributed by atoms with E-state index in [1.807, 2.05) is 6.07 Å². The van der Waals surface area contributed by atoms with Crippen LogP contribution in [0.2, 0.25) is 0 Å². The van der Waals surface area contributed by atoms with Crippen molar-refractivity contribution in [2.45, 2.75) is 17.9 Å². The van der Waals surface area contributed by atoms with Crippen LogP contribution in [0.4, 0.5) is 14.5 Å². The number of fused-ring (bicyclic) bond motifs is 1. The Morgan fingerprint density at radius 1 is 1.06 bits per heavy atom. The van der Waals surface area contributed by atoms with Crippen molar-refractivity contribution in [2.75, 3.05) is 4.72 Å². The van der Waals surface area contributed by atoms with Crippen LogP contribution in [0.1, 0.15) is 34.5 Å². The number of hydrogen-bond donors (Lipinski definition) is 2. The van der Waals surface area contributed by atoms with Gasteiger partial charge < -0.3 is 5.32 Å². The summed E-state index contributed by atoms with van der Waals surface area (Å²) in [7, 11) is -4.26. The van der Waals surface area contributed by atoms with Crippen LogP contribution < -0.4 is 10.0 Å². The molecule has 1 amide bonds. The number of nitrogens with one attached hydrogen (secondary N) is 2.